The lowest BCUT2D eigenvalue weighted by Gasteiger charge is -2.35. The van der Waals surface area contributed by atoms with Crippen LogP contribution in [0.3, 0.4) is 0 Å². The van der Waals surface area contributed by atoms with E-state index in [1.54, 1.807) is 0 Å². The third-order valence-corrected chi connectivity index (χ3v) is 4.78. The quantitative estimate of drug-likeness (QED) is 0.787. The van der Waals surface area contributed by atoms with Crippen LogP contribution in [-0.4, -0.2) is 63.9 Å². The summed E-state index contributed by atoms with van der Waals surface area (Å²) in [5.74, 6) is 1.09. The molecule has 4 rings (SSSR count). The average Bonchev–Trinajstić information content (AvgIpc) is 3.06. The molecule has 6 heteroatoms. The van der Waals surface area contributed by atoms with Crippen molar-refractivity contribution >= 4 is 11.5 Å². The first-order valence-corrected chi connectivity index (χ1v) is 8.75. The van der Waals surface area contributed by atoms with E-state index in [-0.39, 0.29) is 6.61 Å². The fraction of sp³-hybridized carbons (Fsp3) is 0.368. The first-order chi connectivity index (χ1) is 12.3. The standard InChI is InChI=1S/C19H23N5O/c1-15-13-18(23-9-7-22(8-10-23)11-12-25)24-19(21-15)17(14-20-24)16-5-3-2-4-6-16/h2-6,13-14,25H,7-12H2,1H3. The van der Waals surface area contributed by atoms with Crippen LogP contribution in [0.4, 0.5) is 5.82 Å². The minimum atomic E-state index is 0.220. The van der Waals surface area contributed by atoms with E-state index in [2.05, 4.69) is 33.1 Å². The molecule has 130 valence electrons. The average molecular weight is 337 g/mol. The van der Waals surface area contributed by atoms with Gasteiger partial charge in [-0.15, -0.1) is 0 Å². The van der Waals surface area contributed by atoms with Crippen molar-refractivity contribution in [3.05, 3.63) is 48.3 Å². The summed E-state index contributed by atoms with van der Waals surface area (Å²) in [6, 6.07) is 12.4. The molecule has 0 radical (unpaired) electrons. The van der Waals surface area contributed by atoms with E-state index >= 15 is 0 Å². The van der Waals surface area contributed by atoms with Crippen LogP contribution in [-0.2, 0) is 0 Å². The molecule has 0 saturated carbocycles. The van der Waals surface area contributed by atoms with Gasteiger partial charge in [0.1, 0.15) is 5.82 Å². The Morgan fingerprint density at radius 2 is 1.84 bits per heavy atom. The number of hydrogen-bond acceptors (Lipinski definition) is 5. The van der Waals surface area contributed by atoms with Crippen LogP contribution in [0.1, 0.15) is 5.69 Å². The summed E-state index contributed by atoms with van der Waals surface area (Å²) in [6.45, 7) is 6.77. The summed E-state index contributed by atoms with van der Waals surface area (Å²) in [7, 11) is 0. The van der Waals surface area contributed by atoms with Crippen LogP contribution in [0.15, 0.2) is 42.6 Å². The van der Waals surface area contributed by atoms with Gasteiger partial charge >= 0.3 is 0 Å². The molecule has 0 amide bonds. The number of aliphatic hydroxyl groups is 1. The van der Waals surface area contributed by atoms with E-state index in [4.69, 9.17) is 10.1 Å². The summed E-state index contributed by atoms with van der Waals surface area (Å²) in [4.78, 5) is 9.39. The number of benzene rings is 1. The minimum Gasteiger partial charge on any atom is -0.395 e. The molecule has 0 atom stereocenters. The van der Waals surface area contributed by atoms with Gasteiger partial charge in [0.25, 0.3) is 0 Å². The predicted molar refractivity (Wildman–Crippen MR) is 98.9 cm³/mol. The maximum atomic E-state index is 9.11. The predicted octanol–water partition coefficient (Wildman–Crippen LogP) is 1.82. The van der Waals surface area contributed by atoms with E-state index in [0.717, 1.165) is 61.0 Å². The zero-order chi connectivity index (χ0) is 17.2. The van der Waals surface area contributed by atoms with Crippen LogP contribution in [0.5, 0.6) is 0 Å². The molecule has 6 nitrogen and oxygen atoms in total. The van der Waals surface area contributed by atoms with Crippen LogP contribution in [0.25, 0.3) is 16.8 Å². The van der Waals surface area contributed by atoms with Crippen molar-refractivity contribution in [3.63, 3.8) is 0 Å². The first kappa shape index (κ1) is 16.1. The molecule has 1 fully saturated rings. The van der Waals surface area contributed by atoms with E-state index in [1.807, 2.05) is 35.8 Å². The highest BCUT2D eigenvalue weighted by molar-refractivity contribution is 5.78. The van der Waals surface area contributed by atoms with Crippen molar-refractivity contribution < 1.29 is 5.11 Å². The molecule has 1 N–H and O–H groups in total. The van der Waals surface area contributed by atoms with E-state index < -0.39 is 0 Å². The number of anilines is 1. The molecule has 1 aromatic carbocycles. The van der Waals surface area contributed by atoms with Crippen LogP contribution < -0.4 is 4.90 Å². The summed E-state index contributed by atoms with van der Waals surface area (Å²) in [5.41, 5.74) is 4.09. The second kappa shape index (κ2) is 6.82. The molecule has 0 unspecified atom stereocenters. The monoisotopic (exact) mass is 337 g/mol. The zero-order valence-electron chi connectivity index (χ0n) is 14.5. The fourth-order valence-corrected chi connectivity index (χ4v) is 3.45. The number of aliphatic hydroxyl groups excluding tert-OH is 1. The number of aromatic nitrogens is 3. The molecule has 1 aliphatic rings. The van der Waals surface area contributed by atoms with Crippen molar-refractivity contribution in [2.75, 3.05) is 44.2 Å². The Balaban J connectivity index is 1.70. The summed E-state index contributed by atoms with van der Waals surface area (Å²) >= 11 is 0. The lowest BCUT2D eigenvalue weighted by Crippen LogP contribution is -2.47. The lowest BCUT2D eigenvalue weighted by atomic mass is 10.1. The molecule has 0 aliphatic carbocycles. The number of piperazine rings is 1. The molecule has 0 spiro atoms. The van der Waals surface area contributed by atoms with Gasteiger partial charge in [-0.1, -0.05) is 30.3 Å². The van der Waals surface area contributed by atoms with Crippen molar-refractivity contribution in [2.24, 2.45) is 0 Å². The minimum absolute atomic E-state index is 0.220. The van der Waals surface area contributed by atoms with Crippen LogP contribution >= 0.6 is 0 Å². The van der Waals surface area contributed by atoms with Crippen LogP contribution in [0.2, 0.25) is 0 Å². The number of nitrogens with zero attached hydrogens (tertiary/aromatic N) is 5. The van der Waals surface area contributed by atoms with Gasteiger partial charge in [0, 0.05) is 50.0 Å². The number of fused-ring (bicyclic) bond motifs is 1. The highest BCUT2D eigenvalue weighted by atomic mass is 16.3. The third kappa shape index (κ3) is 3.10. The third-order valence-electron chi connectivity index (χ3n) is 4.78. The first-order valence-electron chi connectivity index (χ1n) is 8.75. The van der Waals surface area contributed by atoms with Gasteiger partial charge in [0.15, 0.2) is 5.65 Å². The largest absolute Gasteiger partial charge is 0.395 e. The smallest absolute Gasteiger partial charge is 0.165 e. The fourth-order valence-electron chi connectivity index (χ4n) is 3.45. The van der Waals surface area contributed by atoms with Crippen molar-refractivity contribution in [2.45, 2.75) is 6.92 Å². The van der Waals surface area contributed by atoms with Gasteiger partial charge in [0.05, 0.1) is 12.8 Å². The van der Waals surface area contributed by atoms with Gasteiger partial charge in [-0.25, -0.2) is 4.98 Å². The zero-order valence-corrected chi connectivity index (χ0v) is 14.5. The van der Waals surface area contributed by atoms with Crippen molar-refractivity contribution in [3.8, 4) is 11.1 Å². The van der Waals surface area contributed by atoms with Gasteiger partial charge in [-0.3, -0.25) is 4.90 Å². The van der Waals surface area contributed by atoms with E-state index in [1.165, 1.54) is 0 Å². The lowest BCUT2D eigenvalue weighted by molar-refractivity contribution is 0.188. The Labute approximate surface area is 147 Å². The molecule has 3 heterocycles. The molecule has 1 saturated heterocycles. The van der Waals surface area contributed by atoms with Crippen molar-refractivity contribution in [1.29, 1.82) is 0 Å². The number of aryl methyl sites for hydroxylation is 1. The van der Waals surface area contributed by atoms with Gasteiger partial charge in [0.2, 0.25) is 0 Å². The van der Waals surface area contributed by atoms with E-state index in [0.29, 0.717) is 0 Å². The Hall–Kier alpha value is -2.44. The summed E-state index contributed by atoms with van der Waals surface area (Å²) in [5, 5.41) is 13.7. The number of rotatable bonds is 4. The molecule has 2 aromatic heterocycles. The Morgan fingerprint density at radius 1 is 1.08 bits per heavy atom. The molecule has 0 bridgehead atoms. The van der Waals surface area contributed by atoms with Gasteiger partial charge in [-0.2, -0.15) is 9.61 Å². The number of hydrogen-bond donors (Lipinski definition) is 1. The SMILES string of the molecule is Cc1cc(N2CCN(CCO)CC2)n2ncc(-c3ccccc3)c2n1. The molecular weight excluding hydrogens is 314 g/mol. The van der Waals surface area contributed by atoms with Crippen LogP contribution in [0, 0.1) is 6.92 Å². The molecule has 1 aliphatic heterocycles. The Kier molecular flexibility index (Phi) is 4.38. The maximum absolute atomic E-state index is 9.11. The summed E-state index contributed by atoms with van der Waals surface area (Å²) < 4.78 is 1.96. The van der Waals surface area contributed by atoms with E-state index in [9.17, 15) is 0 Å². The second-order valence-corrected chi connectivity index (χ2v) is 6.47. The topological polar surface area (TPSA) is 56.9 Å². The maximum Gasteiger partial charge on any atom is 0.165 e. The number of β-amino-alcohol motifs (C(OH)–C–C–N with tert-alkyl or cyclic N) is 1. The Morgan fingerprint density at radius 3 is 2.56 bits per heavy atom. The Bertz CT molecular complexity index is 853. The van der Waals surface area contributed by atoms with Gasteiger partial charge in [-0.05, 0) is 12.5 Å². The highest BCUT2D eigenvalue weighted by Gasteiger charge is 2.21. The van der Waals surface area contributed by atoms with Crippen molar-refractivity contribution in [1.82, 2.24) is 19.5 Å². The second-order valence-electron chi connectivity index (χ2n) is 6.47. The molecule has 25 heavy (non-hydrogen) atoms. The van der Waals surface area contributed by atoms with Gasteiger partial charge < -0.3 is 10.0 Å². The molecular formula is C19H23N5O. The molecule has 3 aromatic rings. The normalized spacial score (nSPS) is 15.8. The highest BCUT2D eigenvalue weighted by Crippen LogP contribution is 2.27. The summed E-state index contributed by atoms with van der Waals surface area (Å²) in [6.07, 6.45) is 1.91.